The van der Waals surface area contributed by atoms with Crippen LogP contribution in [0.25, 0.3) is 11.1 Å². The second-order valence-corrected chi connectivity index (χ2v) is 9.55. The summed E-state index contributed by atoms with van der Waals surface area (Å²) in [5.41, 5.74) is 2.64. The lowest BCUT2D eigenvalue weighted by Gasteiger charge is -2.22. The summed E-state index contributed by atoms with van der Waals surface area (Å²) in [6, 6.07) is 12.4. The molecule has 8 heteroatoms. The summed E-state index contributed by atoms with van der Waals surface area (Å²) >= 11 is 0. The number of hydrogen-bond donors (Lipinski definition) is 1. The summed E-state index contributed by atoms with van der Waals surface area (Å²) in [7, 11) is 0. The molecule has 1 N–H and O–H groups in total. The van der Waals surface area contributed by atoms with E-state index in [2.05, 4.69) is 5.32 Å². The quantitative estimate of drug-likeness (QED) is 0.568. The average molecular weight is 491 g/mol. The van der Waals surface area contributed by atoms with Gasteiger partial charge in [-0.2, -0.15) is 0 Å². The monoisotopic (exact) mass is 490 g/mol. The summed E-state index contributed by atoms with van der Waals surface area (Å²) in [6.07, 6.45) is 1.41. The van der Waals surface area contributed by atoms with Gasteiger partial charge in [-0.15, -0.1) is 0 Å². The molecule has 2 amide bonds. The number of fused-ring (bicyclic) bond motifs is 3. The number of amides is 2. The standard InChI is InChI=1S/C28H24F2N2O4/c1-15-9-20(26-21(29)3-2-4-22(26)30)27-24(10-15)35-14-17-11-19(13-32(17)28(27)34)36-18-7-5-16-6-8-25(33)31-23(16)12-18/h2-5,7,9-10,12,17,19H,6,8,11,13-14H2,1H3,(H,31,33)/t17-,19+/m1/s1. The highest BCUT2D eigenvalue weighted by atomic mass is 19.1. The molecular weight excluding hydrogens is 466 g/mol. The number of ether oxygens (including phenoxy) is 2. The van der Waals surface area contributed by atoms with Crippen molar-refractivity contribution in [3.05, 3.63) is 76.9 Å². The van der Waals surface area contributed by atoms with Crippen molar-refractivity contribution in [3.63, 3.8) is 0 Å². The van der Waals surface area contributed by atoms with Gasteiger partial charge in [-0.3, -0.25) is 9.59 Å². The number of anilines is 1. The van der Waals surface area contributed by atoms with E-state index in [1.165, 1.54) is 18.2 Å². The molecule has 0 unspecified atom stereocenters. The maximum absolute atomic E-state index is 14.7. The lowest BCUT2D eigenvalue weighted by molar-refractivity contribution is -0.116. The fraction of sp³-hybridized carbons (Fsp3) is 0.286. The van der Waals surface area contributed by atoms with Crippen LogP contribution in [-0.4, -0.2) is 42.0 Å². The summed E-state index contributed by atoms with van der Waals surface area (Å²) < 4.78 is 41.7. The molecule has 3 heterocycles. The number of benzene rings is 3. The van der Waals surface area contributed by atoms with E-state index in [-0.39, 0.29) is 47.3 Å². The molecule has 184 valence electrons. The first-order valence-electron chi connectivity index (χ1n) is 12.0. The minimum atomic E-state index is -0.737. The Labute approximate surface area is 206 Å². The highest BCUT2D eigenvalue weighted by molar-refractivity contribution is 6.04. The van der Waals surface area contributed by atoms with Gasteiger partial charge in [0, 0.05) is 30.2 Å². The smallest absolute Gasteiger partial charge is 0.258 e. The van der Waals surface area contributed by atoms with Crippen LogP contribution in [0.15, 0.2) is 48.5 Å². The van der Waals surface area contributed by atoms with Gasteiger partial charge in [-0.1, -0.05) is 18.2 Å². The van der Waals surface area contributed by atoms with Gasteiger partial charge < -0.3 is 19.7 Å². The molecule has 0 radical (unpaired) electrons. The topological polar surface area (TPSA) is 67.9 Å². The molecule has 0 spiro atoms. The first-order valence-corrected chi connectivity index (χ1v) is 12.0. The molecule has 3 aliphatic rings. The van der Waals surface area contributed by atoms with Crippen LogP contribution in [0.3, 0.4) is 0 Å². The summed E-state index contributed by atoms with van der Waals surface area (Å²) in [4.78, 5) is 27.2. The predicted molar refractivity (Wildman–Crippen MR) is 129 cm³/mol. The zero-order valence-corrected chi connectivity index (χ0v) is 19.6. The molecule has 0 aliphatic carbocycles. The van der Waals surface area contributed by atoms with Gasteiger partial charge in [-0.05, 0) is 48.7 Å². The molecular formula is C28H24F2N2O4. The van der Waals surface area contributed by atoms with Gasteiger partial charge >= 0.3 is 0 Å². The van der Waals surface area contributed by atoms with Crippen LogP contribution in [0.4, 0.5) is 14.5 Å². The molecule has 3 aliphatic heterocycles. The van der Waals surface area contributed by atoms with Crippen LogP contribution in [0.2, 0.25) is 0 Å². The summed E-state index contributed by atoms with van der Waals surface area (Å²) in [6.45, 7) is 2.36. The zero-order valence-electron chi connectivity index (χ0n) is 19.6. The van der Waals surface area contributed by atoms with Gasteiger partial charge in [0.1, 0.15) is 35.8 Å². The van der Waals surface area contributed by atoms with E-state index in [0.717, 1.165) is 16.8 Å². The molecule has 2 atom stereocenters. The molecule has 0 bridgehead atoms. The molecule has 1 fully saturated rings. The Hall–Kier alpha value is -3.94. The van der Waals surface area contributed by atoms with Crippen molar-refractivity contribution in [2.75, 3.05) is 18.5 Å². The Kier molecular flexibility index (Phi) is 5.39. The Morgan fingerprint density at radius 2 is 1.83 bits per heavy atom. The van der Waals surface area contributed by atoms with Crippen molar-refractivity contribution in [1.82, 2.24) is 4.90 Å². The predicted octanol–water partition coefficient (Wildman–Crippen LogP) is 4.88. The number of aryl methyl sites for hydroxylation is 2. The van der Waals surface area contributed by atoms with Crippen LogP contribution in [-0.2, 0) is 11.2 Å². The largest absolute Gasteiger partial charge is 0.491 e. The van der Waals surface area contributed by atoms with Gasteiger partial charge in [0.15, 0.2) is 0 Å². The average Bonchev–Trinajstić information content (AvgIpc) is 3.19. The second-order valence-electron chi connectivity index (χ2n) is 9.55. The van der Waals surface area contributed by atoms with E-state index in [0.29, 0.717) is 37.3 Å². The molecule has 1 saturated heterocycles. The van der Waals surface area contributed by atoms with Gasteiger partial charge in [0.2, 0.25) is 5.91 Å². The van der Waals surface area contributed by atoms with Gasteiger partial charge in [-0.25, -0.2) is 8.78 Å². The number of hydrogen-bond acceptors (Lipinski definition) is 4. The molecule has 6 nitrogen and oxygen atoms in total. The number of carbonyl (C=O) groups is 2. The second kappa shape index (κ2) is 8.62. The van der Waals surface area contributed by atoms with Crippen LogP contribution in [0, 0.1) is 18.6 Å². The first kappa shape index (κ1) is 22.5. The number of rotatable bonds is 3. The van der Waals surface area contributed by atoms with Crippen molar-refractivity contribution in [3.8, 4) is 22.6 Å². The maximum atomic E-state index is 14.7. The van der Waals surface area contributed by atoms with Crippen molar-refractivity contribution < 1.29 is 27.8 Å². The number of nitrogens with zero attached hydrogens (tertiary/aromatic N) is 1. The van der Waals surface area contributed by atoms with E-state index >= 15 is 0 Å². The highest BCUT2D eigenvalue weighted by Crippen LogP contribution is 2.40. The summed E-state index contributed by atoms with van der Waals surface area (Å²) in [5.74, 6) is -0.897. The van der Waals surface area contributed by atoms with Crippen LogP contribution >= 0.6 is 0 Å². The molecule has 3 aromatic carbocycles. The van der Waals surface area contributed by atoms with E-state index in [4.69, 9.17) is 9.47 Å². The molecule has 36 heavy (non-hydrogen) atoms. The van der Waals surface area contributed by atoms with Crippen molar-refractivity contribution in [2.45, 2.75) is 38.3 Å². The van der Waals surface area contributed by atoms with E-state index in [1.807, 2.05) is 18.2 Å². The third kappa shape index (κ3) is 3.86. The third-order valence-corrected chi connectivity index (χ3v) is 7.04. The normalized spacial score (nSPS) is 20.6. The Balaban J connectivity index is 1.30. The SMILES string of the molecule is Cc1cc2c(c(-c3c(F)cccc3F)c1)C(=O)N1C[C@@H](Oc3ccc4c(c3)NC(=O)CC4)C[C@@H]1CO2. The van der Waals surface area contributed by atoms with E-state index in [9.17, 15) is 18.4 Å². The van der Waals surface area contributed by atoms with Crippen LogP contribution in [0.1, 0.15) is 34.3 Å². The minimum absolute atomic E-state index is 0.0207. The van der Waals surface area contributed by atoms with Crippen molar-refractivity contribution in [1.29, 1.82) is 0 Å². The number of carbonyl (C=O) groups excluding carboxylic acids is 2. The molecule has 3 aromatic rings. The van der Waals surface area contributed by atoms with Gasteiger partial charge in [0.25, 0.3) is 5.91 Å². The van der Waals surface area contributed by atoms with Crippen LogP contribution in [0.5, 0.6) is 11.5 Å². The third-order valence-electron chi connectivity index (χ3n) is 7.04. The van der Waals surface area contributed by atoms with Crippen molar-refractivity contribution in [2.24, 2.45) is 0 Å². The Morgan fingerprint density at radius 1 is 1.03 bits per heavy atom. The molecule has 0 aromatic heterocycles. The van der Waals surface area contributed by atoms with Crippen molar-refractivity contribution >= 4 is 17.5 Å². The lowest BCUT2D eigenvalue weighted by Crippen LogP contribution is -2.37. The number of nitrogens with one attached hydrogen (secondary N) is 1. The highest BCUT2D eigenvalue weighted by Gasteiger charge is 2.41. The summed E-state index contributed by atoms with van der Waals surface area (Å²) in [5, 5.41) is 2.87. The fourth-order valence-corrected chi connectivity index (χ4v) is 5.35. The Bertz CT molecular complexity index is 1390. The maximum Gasteiger partial charge on any atom is 0.258 e. The van der Waals surface area contributed by atoms with E-state index < -0.39 is 11.6 Å². The molecule has 0 saturated carbocycles. The zero-order chi connectivity index (χ0) is 25.0. The minimum Gasteiger partial charge on any atom is -0.491 e. The number of halogens is 2. The molecule has 6 rings (SSSR count). The fourth-order valence-electron chi connectivity index (χ4n) is 5.35. The first-order chi connectivity index (χ1) is 17.4. The van der Waals surface area contributed by atoms with E-state index in [1.54, 1.807) is 24.0 Å². The lowest BCUT2D eigenvalue weighted by atomic mass is 9.95. The van der Waals surface area contributed by atoms with Gasteiger partial charge in [0.05, 0.1) is 23.7 Å². The Morgan fingerprint density at radius 3 is 2.64 bits per heavy atom. The van der Waals surface area contributed by atoms with Crippen LogP contribution < -0.4 is 14.8 Å².